The van der Waals surface area contributed by atoms with Gasteiger partial charge in [0, 0.05) is 26.6 Å². The number of rotatable bonds is 2. The number of nitrogens with one attached hydrogen (secondary N) is 1. The molecule has 0 radical (unpaired) electrons. The van der Waals surface area contributed by atoms with Gasteiger partial charge in [-0.25, -0.2) is 4.79 Å². The molecule has 14 heavy (non-hydrogen) atoms. The van der Waals surface area contributed by atoms with Gasteiger partial charge in [-0.2, -0.15) is 0 Å². The fourth-order valence-corrected chi connectivity index (χ4v) is 1.75. The third-order valence-corrected chi connectivity index (χ3v) is 2.51. The molecule has 1 rings (SSSR count). The molecule has 5 nitrogen and oxygen atoms in total. The Balaban J connectivity index is 2.32. The van der Waals surface area contributed by atoms with Crippen LogP contribution in [0, 0.1) is 5.92 Å². The summed E-state index contributed by atoms with van der Waals surface area (Å²) in [4.78, 5) is 23.1. The second kappa shape index (κ2) is 4.83. The fourth-order valence-electron chi connectivity index (χ4n) is 1.75. The van der Waals surface area contributed by atoms with Gasteiger partial charge in [0.2, 0.25) is 5.91 Å². The first-order chi connectivity index (χ1) is 6.59. The van der Waals surface area contributed by atoms with E-state index in [4.69, 9.17) is 5.11 Å². The molecule has 2 amide bonds. The Morgan fingerprint density at radius 2 is 2.29 bits per heavy atom. The van der Waals surface area contributed by atoms with Crippen LogP contribution in [-0.2, 0) is 4.79 Å². The maximum atomic E-state index is 11.1. The van der Waals surface area contributed by atoms with Gasteiger partial charge in [0.25, 0.3) is 0 Å². The summed E-state index contributed by atoms with van der Waals surface area (Å²) in [5.41, 5.74) is 0. The lowest BCUT2D eigenvalue weighted by atomic mass is 9.98. The first-order valence-corrected chi connectivity index (χ1v) is 4.82. The Labute approximate surface area is 83.1 Å². The second-order valence-electron chi connectivity index (χ2n) is 3.66. The predicted octanol–water partition coefficient (Wildman–Crippen LogP) is 0.513. The van der Waals surface area contributed by atoms with Crippen LogP contribution in [0.15, 0.2) is 0 Å². The minimum absolute atomic E-state index is 0.0741. The number of carbonyl (C=O) groups is 2. The van der Waals surface area contributed by atoms with Crippen LogP contribution in [0.2, 0.25) is 0 Å². The molecule has 5 heteroatoms. The van der Waals surface area contributed by atoms with Gasteiger partial charge in [-0.05, 0) is 18.8 Å². The summed E-state index contributed by atoms with van der Waals surface area (Å²) in [7, 11) is 0. The van der Waals surface area contributed by atoms with Crippen molar-refractivity contribution >= 4 is 12.0 Å². The molecule has 80 valence electrons. The third kappa shape index (κ3) is 3.24. The predicted molar refractivity (Wildman–Crippen MR) is 51.0 cm³/mol. The number of likely N-dealkylation sites (tertiary alicyclic amines) is 1. The molecule has 1 aliphatic rings. The molecule has 0 saturated carbocycles. The number of carbonyl (C=O) groups excluding carboxylic acids is 1. The van der Waals surface area contributed by atoms with Crippen molar-refractivity contribution in [2.24, 2.45) is 5.92 Å². The number of carboxylic acid groups (broad SMARTS) is 1. The monoisotopic (exact) mass is 200 g/mol. The van der Waals surface area contributed by atoms with E-state index < -0.39 is 6.09 Å². The van der Waals surface area contributed by atoms with Crippen molar-refractivity contribution in [1.82, 2.24) is 10.2 Å². The van der Waals surface area contributed by atoms with Gasteiger partial charge in [-0.1, -0.05) is 0 Å². The van der Waals surface area contributed by atoms with E-state index in [-0.39, 0.29) is 11.8 Å². The van der Waals surface area contributed by atoms with Crippen molar-refractivity contribution in [1.29, 1.82) is 0 Å². The molecule has 1 saturated heterocycles. The van der Waals surface area contributed by atoms with Gasteiger partial charge < -0.3 is 15.3 Å². The first kappa shape index (κ1) is 10.8. The molecule has 0 aliphatic carbocycles. The second-order valence-corrected chi connectivity index (χ2v) is 3.66. The topological polar surface area (TPSA) is 69.6 Å². The normalized spacial score (nSPS) is 21.8. The van der Waals surface area contributed by atoms with Gasteiger partial charge in [0.05, 0.1) is 0 Å². The van der Waals surface area contributed by atoms with E-state index in [1.165, 1.54) is 0 Å². The molecule has 2 N–H and O–H groups in total. The van der Waals surface area contributed by atoms with Crippen LogP contribution in [0.25, 0.3) is 0 Å². The van der Waals surface area contributed by atoms with Crippen LogP contribution in [0.4, 0.5) is 4.79 Å². The van der Waals surface area contributed by atoms with Gasteiger partial charge in [-0.15, -0.1) is 0 Å². The largest absolute Gasteiger partial charge is 0.465 e. The van der Waals surface area contributed by atoms with E-state index in [0.29, 0.717) is 13.1 Å². The Bertz CT molecular complexity index is 230. The maximum Gasteiger partial charge on any atom is 0.404 e. The summed E-state index contributed by atoms with van der Waals surface area (Å²) in [6.07, 6.45) is 0.959. The highest BCUT2D eigenvalue weighted by molar-refractivity contribution is 5.73. The zero-order chi connectivity index (χ0) is 10.6. The van der Waals surface area contributed by atoms with E-state index in [0.717, 1.165) is 19.4 Å². The third-order valence-electron chi connectivity index (χ3n) is 2.51. The standard InChI is InChI=1S/C9H16N2O3/c1-7(12)11-4-2-3-8(6-11)5-10-9(13)14/h8,10H,2-6H2,1H3,(H,13,14). The number of nitrogens with zero attached hydrogens (tertiary/aromatic N) is 1. The zero-order valence-electron chi connectivity index (χ0n) is 8.32. The summed E-state index contributed by atoms with van der Waals surface area (Å²) >= 11 is 0. The Hall–Kier alpha value is -1.26. The lowest BCUT2D eigenvalue weighted by Gasteiger charge is -2.31. The molecule has 0 aromatic carbocycles. The van der Waals surface area contributed by atoms with Gasteiger partial charge in [-0.3, -0.25) is 4.79 Å². The van der Waals surface area contributed by atoms with Crippen molar-refractivity contribution in [2.45, 2.75) is 19.8 Å². The minimum atomic E-state index is -0.995. The molecule has 1 fully saturated rings. The number of amides is 2. The molecule has 0 aromatic heterocycles. The van der Waals surface area contributed by atoms with E-state index >= 15 is 0 Å². The smallest absolute Gasteiger partial charge is 0.404 e. The summed E-state index contributed by atoms with van der Waals surface area (Å²) < 4.78 is 0. The average Bonchev–Trinajstić information content (AvgIpc) is 2.15. The molecule has 0 bridgehead atoms. The van der Waals surface area contributed by atoms with Crippen molar-refractivity contribution in [3.05, 3.63) is 0 Å². The number of hydrogen-bond acceptors (Lipinski definition) is 2. The zero-order valence-corrected chi connectivity index (χ0v) is 8.32. The molecule has 1 atom stereocenters. The quantitative estimate of drug-likeness (QED) is 0.682. The van der Waals surface area contributed by atoms with E-state index in [1.54, 1.807) is 11.8 Å². The van der Waals surface area contributed by atoms with Crippen LogP contribution in [-0.4, -0.2) is 41.6 Å². The Morgan fingerprint density at radius 1 is 1.57 bits per heavy atom. The van der Waals surface area contributed by atoms with E-state index in [1.807, 2.05) is 0 Å². The summed E-state index contributed by atoms with van der Waals surface area (Å²) in [5, 5.41) is 10.8. The molecule has 1 unspecified atom stereocenters. The lowest BCUT2D eigenvalue weighted by molar-refractivity contribution is -0.130. The molecule has 1 heterocycles. The van der Waals surface area contributed by atoms with Gasteiger partial charge in [0.15, 0.2) is 0 Å². The maximum absolute atomic E-state index is 11.1. The van der Waals surface area contributed by atoms with Crippen molar-refractivity contribution in [3.8, 4) is 0 Å². The van der Waals surface area contributed by atoms with Crippen molar-refractivity contribution in [3.63, 3.8) is 0 Å². The van der Waals surface area contributed by atoms with Crippen LogP contribution >= 0.6 is 0 Å². The van der Waals surface area contributed by atoms with Crippen molar-refractivity contribution in [2.75, 3.05) is 19.6 Å². The van der Waals surface area contributed by atoms with Crippen LogP contribution < -0.4 is 5.32 Å². The summed E-state index contributed by atoms with van der Waals surface area (Å²) in [6, 6.07) is 0. The number of piperidine rings is 1. The molecule has 0 aromatic rings. The SMILES string of the molecule is CC(=O)N1CCCC(CNC(=O)O)C1. The highest BCUT2D eigenvalue weighted by Gasteiger charge is 2.21. The minimum Gasteiger partial charge on any atom is -0.465 e. The van der Waals surface area contributed by atoms with E-state index in [9.17, 15) is 9.59 Å². The van der Waals surface area contributed by atoms with Crippen molar-refractivity contribution < 1.29 is 14.7 Å². The Kier molecular flexibility index (Phi) is 3.73. The summed E-state index contributed by atoms with van der Waals surface area (Å²) in [5.74, 6) is 0.341. The van der Waals surface area contributed by atoms with E-state index in [2.05, 4.69) is 5.32 Å². The number of hydrogen-bond donors (Lipinski definition) is 2. The van der Waals surface area contributed by atoms with Crippen LogP contribution in [0.5, 0.6) is 0 Å². The lowest BCUT2D eigenvalue weighted by Crippen LogP contribution is -2.42. The Morgan fingerprint density at radius 3 is 2.86 bits per heavy atom. The van der Waals surface area contributed by atoms with Crippen LogP contribution in [0.3, 0.4) is 0 Å². The van der Waals surface area contributed by atoms with Crippen LogP contribution in [0.1, 0.15) is 19.8 Å². The molecular formula is C9H16N2O3. The molecular weight excluding hydrogens is 184 g/mol. The average molecular weight is 200 g/mol. The first-order valence-electron chi connectivity index (χ1n) is 4.82. The summed E-state index contributed by atoms with van der Waals surface area (Å²) in [6.45, 7) is 3.47. The highest BCUT2D eigenvalue weighted by Crippen LogP contribution is 2.15. The van der Waals surface area contributed by atoms with Gasteiger partial charge >= 0.3 is 6.09 Å². The fraction of sp³-hybridized carbons (Fsp3) is 0.778. The molecule has 1 aliphatic heterocycles. The molecule has 0 spiro atoms. The van der Waals surface area contributed by atoms with Gasteiger partial charge in [0.1, 0.15) is 0 Å². The highest BCUT2D eigenvalue weighted by atomic mass is 16.4.